The van der Waals surface area contributed by atoms with Gasteiger partial charge in [-0.15, -0.1) is 0 Å². The molecule has 30 heavy (non-hydrogen) atoms. The Morgan fingerprint density at radius 3 is 2.83 bits per heavy atom. The second kappa shape index (κ2) is 9.12. The van der Waals surface area contributed by atoms with Gasteiger partial charge in [0.15, 0.2) is 0 Å². The molecule has 4 rings (SSSR count). The number of benzene rings is 1. The number of aromatic amines is 1. The first-order valence-corrected chi connectivity index (χ1v) is 12.5. The molecular formula is C20H24AsN7OS+. The normalized spacial score (nSPS) is 16.2. The number of anilines is 1. The number of nitrogens with one attached hydrogen (secondary N) is 3. The molecule has 1 unspecified atom stereocenters. The molecule has 155 valence electrons. The minimum absolute atomic E-state index is 0.0982. The standard InChI is InChI=1S/C20H24AsN7OS/c1-13(2)23-20(29)24-15-4-6-16(7-5-15)30-27-11-18(21-17-10-14(3)25-26-17)28-9-8-22-19(28)12-27/h4-11,13,21H,12H2,1-3H3,(H,25,26)(H2,23,24,29)/q+1. The fraction of sp³-hybridized carbons (Fsp3) is 0.250. The van der Waals surface area contributed by atoms with Gasteiger partial charge < -0.3 is 0 Å². The van der Waals surface area contributed by atoms with Crippen molar-refractivity contribution >= 4 is 49.7 Å². The molecule has 2 aliphatic rings. The van der Waals surface area contributed by atoms with Crippen molar-refractivity contribution in [3.63, 3.8) is 0 Å². The van der Waals surface area contributed by atoms with Gasteiger partial charge in [-0.05, 0) is 13.8 Å². The van der Waals surface area contributed by atoms with E-state index in [2.05, 4.69) is 47.3 Å². The van der Waals surface area contributed by atoms with E-state index in [-0.39, 0.29) is 12.1 Å². The van der Waals surface area contributed by atoms with Gasteiger partial charge in [0.05, 0.1) is 0 Å². The van der Waals surface area contributed by atoms with Gasteiger partial charge in [-0.1, -0.05) is 0 Å². The first-order chi connectivity index (χ1) is 14.5. The van der Waals surface area contributed by atoms with E-state index in [0.29, 0.717) is 0 Å². The Labute approximate surface area is 186 Å². The van der Waals surface area contributed by atoms with Gasteiger partial charge in [0.2, 0.25) is 0 Å². The Morgan fingerprint density at radius 1 is 1.33 bits per heavy atom. The van der Waals surface area contributed by atoms with E-state index in [1.54, 1.807) is 11.9 Å². The molecule has 1 atom stereocenters. The Morgan fingerprint density at radius 2 is 2.13 bits per heavy atom. The number of nitrogens with zero attached hydrogens (tertiary/aromatic N) is 4. The zero-order chi connectivity index (χ0) is 21.1. The number of carbonyl (C=O) groups is 1. The van der Waals surface area contributed by atoms with Gasteiger partial charge in [-0.2, -0.15) is 0 Å². The molecular weight excluding hydrogens is 461 g/mol. The molecule has 0 spiro atoms. The molecule has 2 aromatic rings. The van der Waals surface area contributed by atoms with E-state index < -0.39 is 15.8 Å². The summed E-state index contributed by atoms with van der Waals surface area (Å²) in [7, 11) is 0. The van der Waals surface area contributed by atoms with Crippen LogP contribution in [-0.2, 0) is 0 Å². The number of hydrogen-bond acceptors (Lipinski definition) is 6. The predicted molar refractivity (Wildman–Crippen MR) is 123 cm³/mol. The van der Waals surface area contributed by atoms with E-state index in [1.165, 1.54) is 4.48 Å². The number of hydrogen-bond donors (Lipinski definition) is 3. The second-order valence-electron chi connectivity index (χ2n) is 7.23. The maximum absolute atomic E-state index is 11.8. The van der Waals surface area contributed by atoms with Crippen LogP contribution in [0, 0.1) is 6.92 Å². The summed E-state index contributed by atoms with van der Waals surface area (Å²) in [5.41, 5.74) is 1.85. The molecule has 10 heteroatoms. The monoisotopic (exact) mass is 485 g/mol. The van der Waals surface area contributed by atoms with Gasteiger partial charge in [0, 0.05) is 0 Å². The fourth-order valence-corrected chi connectivity index (χ4v) is 6.57. The molecule has 0 bridgehead atoms. The predicted octanol–water partition coefficient (Wildman–Crippen LogP) is 2.16. The summed E-state index contributed by atoms with van der Waals surface area (Å²) >= 11 is 1.07. The van der Waals surface area contributed by atoms with Crippen LogP contribution in [0.3, 0.4) is 0 Å². The molecule has 8 nitrogen and oxygen atoms in total. The first kappa shape index (κ1) is 20.8. The number of amides is 2. The number of aromatic nitrogens is 2. The first-order valence-electron chi connectivity index (χ1n) is 9.62. The van der Waals surface area contributed by atoms with Crippen LogP contribution in [0.25, 0.3) is 0 Å². The van der Waals surface area contributed by atoms with E-state index in [4.69, 9.17) is 0 Å². The summed E-state index contributed by atoms with van der Waals surface area (Å²) in [5, 5.41) is 13.1. The zero-order valence-corrected chi connectivity index (χ0v) is 19.9. The molecule has 3 heterocycles. The van der Waals surface area contributed by atoms with Crippen molar-refractivity contribution in [1.82, 2.24) is 24.7 Å². The van der Waals surface area contributed by atoms with Gasteiger partial charge in [-0.25, -0.2) is 0 Å². The number of aryl methyl sites for hydroxylation is 1. The van der Waals surface area contributed by atoms with Gasteiger partial charge in [0.1, 0.15) is 0 Å². The second-order valence-corrected chi connectivity index (χ2v) is 11.0. The van der Waals surface area contributed by atoms with Crippen LogP contribution in [-0.4, -0.2) is 54.7 Å². The number of carbonyl (C=O) groups excluding carboxylic acids is 1. The summed E-state index contributed by atoms with van der Waals surface area (Å²) in [5.74, 6) is 1.03. The third-order valence-electron chi connectivity index (χ3n) is 4.26. The summed E-state index contributed by atoms with van der Waals surface area (Å²) in [6.45, 7) is 6.61. The summed E-state index contributed by atoms with van der Waals surface area (Å²) in [4.78, 5) is 19.6. The third kappa shape index (κ3) is 5.16. The van der Waals surface area contributed by atoms with Gasteiger partial charge in [0.25, 0.3) is 0 Å². The van der Waals surface area contributed by atoms with Crippen LogP contribution >= 0.6 is 11.9 Å². The van der Waals surface area contributed by atoms with Crippen LogP contribution in [0.5, 0.6) is 0 Å². The zero-order valence-electron chi connectivity index (χ0n) is 17.0. The molecule has 2 aliphatic heterocycles. The van der Waals surface area contributed by atoms with Crippen LogP contribution in [0.15, 0.2) is 63.3 Å². The number of rotatable bonds is 6. The summed E-state index contributed by atoms with van der Waals surface area (Å²) < 4.78 is 4.57. The molecule has 1 aromatic heterocycles. The molecule has 0 saturated heterocycles. The van der Waals surface area contributed by atoms with Crippen molar-refractivity contribution in [2.75, 3.05) is 11.9 Å². The number of fused-ring (bicyclic) bond motifs is 1. The number of H-pyrrole nitrogens is 1. The van der Waals surface area contributed by atoms with Crippen molar-refractivity contribution in [3.05, 3.63) is 59.1 Å². The Hall–Kier alpha value is -2.48. The fourth-order valence-electron chi connectivity index (χ4n) is 2.98. The van der Waals surface area contributed by atoms with Gasteiger partial charge in [-0.3, -0.25) is 0 Å². The molecule has 0 fully saturated rings. The third-order valence-corrected chi connectivity index (χ3v) is 7.60. The minimum atomic E-state index is -0.588. The van der Waals surface area contributed by atoms with E-state index >= 15 is 0 Å². The van der Waals surface area contributed by atoms with Crippen molar-refractivity contribution in [3.8, 4) is 0 Å². The number of aliphatic imine (C=N–C) groups is 1. The van der Waals surface area contributed by atoms with Gasteiger partial charge >= 0.3 is 173 Å². The van der Waals surface area contributed by atoms with Crippen molar-refractivity contribution in [2.45, 2.75) is 31.7 Å². The molecule has 2 amide bonds. The van der Waals surface area contributed by atoms with Crippen LogP contribution in [0.1, 0.15) is 19.5 Å². The molecule has 1 aromatic carbocycles. The Bertz CT molecular complexity index is 1010. The van der Waals surface area contributed by atoms with Crippen LogP contribution in [0.4, 0.5) is 10.5 Å². The quantitative estimate of drug-likeness (QED) is 0.332. The topological polar surface area (TPSA) is 91.3 Å². The van der Waals surface area contributed by atoms with E-state index in [1.807, 2.05) is 57.4 Å². The summed E-state index contributed by atoms with van der Waals surface area (Å²) in [6, 6.07) is 9.87. The molecule has 3 N–H and O–H groups in total. The van der Waals surface area contributed by atoms with Crippen molar-refractivity contribution in [2.24, 2.45) is 4.99 Å². The number of urea groups is 1. The van der Waals surface area contributed by atoms with Crippen LogP contribution in [0.2, 0.25) is 0 Å². The SMILES string of the molecule is Cc1cc([AsH]C2=CN(Sc3ccc(NC(=O)NC(C)C)cc3)CC3=NC=C[N+]23)n[nH]1. The Balaban J connectivity index is 1.44. The van der Waals surface area contributed by atoms with Crippen molar-refractivity contribution in [1.29, 1.82) is 0 Å². The maximum atomic E-state index is 11.8. The average Bonchev–Trinajstić information content (AvgIpc) is 3.31. The molecule has 1 radical (unpaired) electrons. The average molecular weight is 485 g/mol. The van der Waals surface area contributed by atoms with E-state index in [9.17, 15) is 4.79 Å². The number of amidine groups is 1. The molecule has 0 aliphatic carbocycles. The van der Waals surface area contributed by atoms with Crippen LogP contribution < -0.4 is 20.0 Å². The van der Waals surface area contributed by atoms with E-state index in [0.717, 1.165) is 33.1 Å². The Kier molecular flexibility index (Phi) is 6.32. The van der Waals surface area contributed by atoms with Crippen molar-refractivity contribution < 1.29 is 4.79 Å². The molecule has 0 saturated carbocycles. The summed E-state index contributed by atoms with van der Waals surface area (Å²) in [6.07, 6.45) is 6.07.